The molecule has 5 heteroatoms. The molecule has 0 aliphatic carbocycles. The lowest BCUT2D eigenvalue weighted by atomic mass is 10.1. The van der Waals surface area contributed by atoms with Gasteiger partial charge in [-0.05, 0) is 25.1 Å². The number of likely N-dealkylation sites (N-methyl/N-ethyl adjacent to an activating group) is 1. The van der Waals surface area contributed by atoms with Crippen LogP contribution in [-0.4, -0.2) is 49.2 Å². The van der Waals surface area contributed by atoms with Crippen LogP contribution < -0.4 is 10.2 Å². The Morgan fingerprint density at radius 3 is 2.67 bits per heavy atom. The largest absolute Gasteiger partial charge is 0.369 e. The van der Waals surface area contributed by atoms with Crippen LogP contribution in [0.25, 0.3) is 0 Å². The molecule has 1 fully saturated rings. The zero-order chi connectivity index (χ0) is 16.8. The average Bonchev–Trinajstić information content (AvgIpc) is 3.04. The van der Waals surface area contributed by atoms with E-state index in [1.165, 1.54) is 30.0 Å². The first kappa shape index (κ1) is 17.4. The Balaban J connectivity index is 1.52. The van der Waals surface area contributed by atoms with Crippen molar-refractivity contribution in [1.82, 2.24) is 15.2 Å². The number of nitrogens with zero attached hydrogens (tertiary/aromatic N) is 3. The lowest BCUT2D eigenvalue weighted by Crippen LogP contribution is -2.46. The Kier molecular flexibility index (Phi) is 6.24. The summed E-state index contributed by atoms with van der Waals surface area (Å²) in [6.45, 7) is 12.0. The number of anilines is 1. The monoisotopic (exact) mass is 344 g/mol. The topological polar surface area (TPSA) is 31.4 Å². The molecule has 0 bridgehead atoms. The number of benzene rings is 1. The second-order valence-electron chi connectivity index (χ2n) is 6.33. The number of hydrogen-bond donors (Lipinski definition) is 1. The first-order valence-electron chi connectivity index (χ1n) is 8.93. The summed E-state index contributed by atoms with van der Waals surface area (Å²) < 4.78 is 0. The summed E-state index contributed by atoms with van der Waals surface area (Å²) in [7, 11) is 0. The van der Waals surface area contributed by atoms with Gasteiger partial charge in [-0.1, -0.05) is 25.1 Å². The molecule has 3 rings (SSSR count). The molecule has 24 heavy (non-hydrogen) atoms. The van der Waals surface area contributed by atoms with Crippen LogP contribution in [0.15, 0.2) is 29.6 Å². The number of aromatic nitrogens is 1. The van der Waals surface area contributed by atoms with Gasteiger partial charge in [0.25, 0.3) is 0 Å². The molecule has 1 aromatic carbocycles. The Morgan fingerprint density at radius 1 is 1.17 bits per heavy atom. The normalized spacial score (nSPS) is 15.8. The highest BCUT2D eigenvalue weighted by Crippen LogP contribution is 2.21. The summed E-state index contributed by atoms with van der Waals surface area (Å²) in [4.78, 5) is 9.58. The van der Waals surface area contributed by atoms with E-state index in [9.17, 15) is 0 Å². The van der Waals surface area contributed by atoms with Crippen LogP contribution in [0, 0.1) is 6.92 Å². The third-order valence-corrected chi connectivity index (χ3v) is 5.51. The van der Waals surface area contributed by atoms with E-state index in [2.05, 4.69) is 63.6 Å². The van der Waals surface area contributed by atoms with E-state index in [0.717, 1.165) is 44.2 Å². The van der Waals surface area contributed by atoms with Crippen molar-refractivity contribution in [3.05, 3.63) is 45.9 Å². The zero-order valence-corrected chi connectivity index (χ0v) is 15.6. The summed E-state index contributed by atoms with van der Waals surface area (Å²) >= 11 is 1.73. The number of thiazole rings is 1. The molecular formula is C19H28N4S. The van der Waals surface area contributed by atoms with Crippen LogP contribution >= 0.6 is 11.3 Å². The molecule has 1 saturated heterocycles. The van der Waals surface area contributed by atoms with Crippen molar-refractivity contribution < 1.29 is 0 Å². The van der Waals surface area contributed by atoms with Gasteiger partial charge in [-0.15, -0.1) is 11.3 Å². The second kappa shape index (κ2) is 8.60. The van der Waals surface area contributed by atoms with E-state index in [0.29, 0.717) is 0 Å². The molecule has 1 aliphatic rings. The number of rotatable bonds is 7. The van der Waals surface area contributed by atoms with E-state index in [1.807, 2.05) is 0 Å². The molecule has 0 unspecified atom stereocenters. The SMILES string of the molecule is CCN1CCN(c2ccccc2CNCCc2csc(C)n2)CC1. The summed E-state index contributed by atoms with van der Waals surface area (Å²) in [5.74, 6) is 0. The quantitative estimate of drug-likeness (QED) is 0.783. The number of nitrogens with one attached hydrogen (secondary N) is 1. The van der Waals surface area contributed by atoms with Crippen molar-refractivity contribution in [3.8, 4) is 0 Å². The van der Waals surface area contributed by atoms with Gasteiger partial charge < -0.3 is 15.1 Å². The Morgan fingerprint density at radius 2 is 1.96 bits per heavy atom. The highest BCUT2D eigenvalue weighted by atomic mass is 32.1. The third kappa shape index (κ3) is 4.56. The van der Waals surface area contributed by atoms with E-state index >= 15 is 0 Å². The molecule has 1 N–H and O–H groups in total. The fraction of sp³-hybridized carbons (Fsp3) is 0.526. The molecule has 1 aromatic heterocycles. The first-order valence-corrected chi connectivity index (χ1v) is 9.81. The van der Waals surface area contributed by atoms with E-state index in [4.69, 9.17) is 0 Å². The smallest absolute Gasteiger partial charge is 0.0897 e. The summed E-state index contributed by atoms with van der Waals surface area (Å²) in [6, 6.07) is 8.82. The molecule has 0 spiro atoms. The van der Waals surface area contributed by atoms with Gasteiger partial charge in [0.15, 0.2) is 0 Å². The zero-order valence-electron chi connectivity index (χ0n) is 14.8. The van der Waals surface area contributed by atoms with Gasteiger partial charge in [-0.2, -0.15) is 0 Å². The summed E-state index contributed by atoms with van der Waals surface area (Å²) in [5, 5.41) is 6.91. The molecule has 0 atom stereocenters. The van der Waals surface area contributed by atoms with Crippen molar-refractivity contribution in [2.45, 2.75) is 26.8 Å². The molecule has 2 aromatic rings. The van der Waals surface area contributed by atoms with E-state index in [-0.39, 0.29) is 0 Å². The third-order valence-electron chi connectivity index (χ3n) is 4.69. The highest BCUT2D eigenvalue weighted by Gasteiger charge is 2.17. The number of aryl methyl sites for hydroxylation is 1. The molecular weight excluding hydrogens is 316 g/mol. The van der Waals surface area contributed by atoms with Crippen molar-refractivity contribution in [2.24, 2.45) is 0 Å². The van der Waals surface area contributed by atoms with Crippen LogP contribution in [0.3, 0.4) is 0 Å². The molecule has 2 heterocycles. The maximum absolute atomic E-state index is 4.53. The average molecular weight is 345 g/mol. The lowest BCUT2D eigenvalue weighted by Gasteiger charge is -2.36. The van der Waals surface area contributed by atoms with Gasteiger partial charge in [0.1, 0.15) is 0 Å². The van der Waals surface area contributed by atoms with Gasteiger partial charge in [0, 0.05) is 56.8 Å². The maximum atomic E-state index is 4.53. The predicted octanol–water partition coefficient (Wildman–Crippen LogP) is 2.93. The Bertz CT molecular complexity index is 632. The minimum Gasteiger partial charge on any atom is -0.369 e. The lowest BCUT2D eigenvalue weighted by molar-refractivity contribution is 0.271. The van der Waals surface area contributed by atoms with Crippen LogP contribution in [0.4, 0.5) is 5.69 Å². The summed E-state index contributed by atoms with van der Waals surface area (Å²) in [6.07, 6.45) is 1.00. The standard InChI is InChI=1S/C19H28N4S/c1-3-22-10-12-23(13-11-22)19-7-5-4-6-17(19)14-20-9-8-18-15-24-16(2)21-18/h4-7,15,20H,3,8-14H2,1-2H3. The van der Waals surface area contributed by atoms with Crippen LogP contribution in [0.1, 0.15) is 23.2 Å². The number of para-hydroxylation sites is 1. The second-order valence-corrected chi connectivity index (χ2v) is 7.40. The van der Waals surface area contributed by atoms with Crippen LogP contribution in [0.2, 0.25) is 0 Å². The van der Waals surface area contributed by atoms with Crippen molar-refractivity contribution in [1.29, 1.82) is 0 Å². The van der Waals surface area contributed by atoms with Gasteiger partial charge >= 0.3 is 0 Å². The minimum atomic E-state index is 0.924. The number of piperazine rings is 1. The van der Waals surface area contributed by atoms with Crippen LogP contribution in [0.5, 0.6) is 0 Å². The molecule has 0 amide bonds. The summed E-state index contributed by atoms with van der Waals surface area (Å²) in [5.41, 5.74) is 4.00. The van der Waals surface area contributed by atoms with Crippen LogP contribution in [-0.2, 0) is 13.0 Å². The van der Waals surface area contributed by atoms with Gasteiger partial charge in [0.05, 0.1) is 10.7 Å². The molecule has 130 valence electrons. The van der Waals surface area contributed by atoms with Crippen molar-refractivity contribution in [2.75, 3.05) is 44.2 Å². The van der Waals surface area contributed by atoms with Gasteiger partial charge in [-0.25, -0.2) is 4.98 Å². The predicted molar refractivity (Wildman–Crippen MR) is 103 cm³/mol. The fourth-order valence-corrected chi connectivity index (χ4v) is 3.88. The van der Waals surface area contributed by atoms with Gasteiger partial charge in [-0.3, -0.25) is 0 Å². The highest BCUT2D eigenvalue weighted by molar-refractivity contribution is 7.09. The Hall–Kier alpha value is -1.43. The molecule has 0 saturated carbocycles. The molecule has 0 radical (unpaired) electrons. The van der Waals surface area contributed by atoms with Gasteiger partial charge in [0.2, 0.25) is 0 Å². The van der Waals surface area contributed by atoms with E-state index < -0.39 is 0 Å². The fourth-order valence-electron chi connectivity index (χ4n) is 3.24. The van der Waals surface area contributed by atoms with Crippen molar-refractivity contribution >= 4 is 17.0 Å². The first-order chi connectivity index (χ1) is 11.8. The van der Waals surface area contributed by atoms with E-state index in [1.54, 1.807) is 11.3 Å². The number of hydrogen-bond acceptors (Lipinski definition) is 5. The van der Waals surface area contributed by atoms with Crippen molar-refractivity contribution in [3.63, 3.8) is 0 Å². The Labute approximate surface area is 149 Å². The molecule has 4 nitrogen and oxygen atoms in total. The molecule has 1 aliphatic heterocycles. The minimum absolute atomic E-state index is 0.924. The maximum Gasteiger partial charge on any atom is 0.0897 e.